The Kier molecular flexibility index (Phi) is 6.57. The van der Waals surface area contributed by atoms with Crippen LogP contribution in [-0.4, -0.2) is 45.6 Å². The molecule has 2 amide bonds. The molecule has 0 bridgehead atoms. The van der Waals surface area contributed by atoms with Gasteiger partial charge in [0.05, 0.1) is 11.4 Å². The van der Waals surface area contributed by atoms with E-state index in [1.54, 1.807) is 0 Å². The van der Waals surface area contributed by atoms with Crippen LogP contribution in [0.3, 0.4) is 0 Å². The molecule has 0 spiro atoms. The highest BCUT2D eigenvalue weighted by molar-refractivity contribution is 8.76. The molecule has 2 aromatic carbocycles. The predicted octanol–water partition coefficient (Wildman–Crippen LogP) is 2.95. The molecule has 10 heteroatoms. The normalized spacial score (nSPS) is 21.2. The number of nitrogens with one attached hydrogen (secondary N) is 2. The molecule has 2 aliphatic rings. The summed E-state index contributed by atoms with van der Waals surface area (Å²) in [7, 11) is 3.07. The van der Waals surface area contributed by atoms with E-state index in [2.05, 4.69) is 10.6 Å². The Bertz CT molecular complexity index is 894. The van der Waals surface area contributed by atoms with E-state index in [1.165, 1.54) is 31.4 Å². The molecule has 0 saturated carbocycles. The maximum Gasteiger partial charge on any atom is 0.256 e. The van der Waals surface area contributed by atoms with Crippen molar-refractivity contribution >= 4 is 79.4 Å². The second-order valence-corrected chi connectivity index (χ2v) is 9.92. The lowest BCUT2D eigenvalue weighted by Crippen LogP contribution is -2.33. The van der Waals surface area contributed by atoms with Gasteiger partial charge in [-0.2, -0.15) is 0 Å². The highest BCUT2D eigenvalue weighted by atomic mass is 33.1. The lowest BCUT2D eigenvalue weighted by atomic mass is 10.3. The Labute approximate surface area is 193 Å². The first-order chi connectivity index (χ1) is 14.6. The van der Waals surface area contributed by atoms with E-state index in [4.69, 9.17) is 24.4 Å². The fraction of sp³-hybridized carbons (Fsp3) is 0.200. The van der Waals surface area contributed by atoms with Crippen molar-refractivity contribution in [3.63, 3.8) is 0 Å². The predicted molar refractivity (Wildman–Crippen MR) is 132 cm³/mol. The zero-order chi connectivity index (χ0) is 21.1. The van der Waals surface area contributed by atoms with Crippen LogP contribution in [0.15, 0.2) is 60.7 Å². The van der Waals surface area contributed by atoms with Crippen molar-refractivity contribution in [3.05, 3.63) is 60.7 Å². The lowest BCUT2D eigenvalue weighted by molar-refractivity contribution is -0.118. The molecule has 0 radical (unpaired) electrons. The minimum Gasteiger partial charge on any atom is -0.349 e. The zero-order valence-corrected chi connectivity index (χ0v) is 19.0. The molecule has 2 atom stereocenters. The molecule has 154 valence electrons. The van der Waals surface area contributed by atoms with Crippen LogP contribution in [0.25, 0.3) is 0 Å². The van der Waals surface area contributed by atoms with Crippen LogP contribution in [0.2, 0.25) is 0 Å². The minimum atomic E-state index is -0.385. The Morgan fingerprint density at radius 3 is 1.43 bits per heavy atom. The molecule has 2 saturated heterocycles. The summed E-state index contributed by atoms with van der Waals surface area (Å²) in [6.07, 6.45) is 0. The van der Waals surface area contributed by atoms with Gasteiger partial charge in [-0.1, -0.05) is 58.0 Å². The summed E-state index contributed by atoms with van der Waals surface area (Å²) in [6, 6.07) is 17.9. The third-order valence-electron chi connectivity index (χ3n) is 4.62. The van der Waals surface area contributed by atoms with E-state index in [0.29, 0.717) is 21.7 Å². The number of anilines is 2. The number of benzene rings is 2. The topological polar surface area (TPSA) is 64.7 Å². The molecule has 4 rings (SSSR count). The van der Waals surface area contributed by atoms with Gasteiger partial charge in [0.1, 0.15) is 12.1 Å². The molecule has 0 aliphatic carbocycles. The maximum absolute atomic E-state index is 12.7. The van der Waals surface area contributed by atoms with Gasteiger partial charge < -0.3 is 10.6 Å². The summed E-state index contributed by atoms with van der Waals surface area (Å²) >= 11 is 10.7. The van der Waals surface area contributed by atoms with Gasteiger partial charge in [-0.15, -0.1) is 0 Å². The van der Waals surface area contributed by atoms with Crippen LogP contribution in [0.5, 0.6) is 0 Å². The number of hydrogen-bond acceptors (Lipinski definition) is 6. The van der Waals surface area contributed by atoms with E-state index < -0.39 is 0 Å². The van der Waals surface area contributed by atoms with Gasteiger partial charge in [-0.05, 0) is 48.7 Å². The van der Waals surface area contributed by atoms with Crippen molar-refractivity contribution in [1.29, 1.82) is 0 Å². The van der Waals surface area contributed by atoms with Crippen LogP contribution < -0.4 is 20.4 Å². The summed E-state index contributed by atoms with van der Waals surface area (Å²) in [5, 5.41) is 7.00. The molecule has 2 unspecified atom stereocenters. The molecule has 2 heterocycles. The number of thiocarbonyl (C=S) groups is 2. The van der Waals surface area contributed by atoms with E-state index in [-0.39, 0.29) is 23.9 Å². The number of para-hydroxylation sites is 2. The van der Waals surface area contributed by atoms with Crippen LogP contribution in [0.1, 0.15) is 0 Å². The third kappa shape index (κ3) is 4.31. The van der Waals surface area contributed by atoms with Crippen molar-refractivity contribution < 1.29 is 9.59 Å². The molecule has 2 aromatic rings. The van der Waals surface area contributed by atoms with E-state index in [0.717, 1.165) is 11.4 Å². The zero-order valence-electron chi connectivity index (χ0n) is 15.7. The van der Waals surface area contributed by atoms with Gasteiger partial charge in [0.2, 0.25) is 0 Å². The Morgan fingerprint density at radius 1 is 0.700 bits per heavy atom. The Balaban J connectivity index is 1.28. The number of nitrogens with zero attached hydrogens (tertiary/aromatic N) is 2. The van der Waals surface area contributed by atoms with Crippen molar-refractivity contribution in [1.82, 2.24) is 10.6 Å². The smallest absolute Gasteiger partial charge is 0.256 e. The number of hydrogen-bond donors (Lipinski definition) is 2. The number of carbonyl (C=O) groups is 2. The van der Waals surface area contributed by atoms with Crippen molar-refractivity contribution in [2.45, 2.75) is 12.1 Å². The van der Waals surface area contributed by atoms with Gasteiger partial charge in [-0.25, -0.2) is 0 Å². The number of amides is 2. The first-order valence-corrected chi connectivity index (χ1v) is 12.5. The van der Waals surface area contributed by atoms with E-state index >= 15 is 0 Å². The standard InChI is InChI=1S/C20H18N4O2S4/c25-17-15(21-19(27)23(17)13-7-3-1-4-8-13)11-29-30-12-16-18(26)24(20(28)22-16)14-9-5-2-6-10-14/h1-10,15-16H,11-12H2,(H,21,27)(H,22,28). The van der Waals surface area contributed by atoms with Crippen molar-refractivity contribution in [2.75, 3.05) is 21.3 Å². The number of rotatable bonds is 7. The largest absolute Gasteiger partial charge is 0.349 e. The van der Waals surface area contributed by atoms with Crippen molar-refractivity contribution in [2.24, 2.45) is 0 Å². The first kappa shape index (κ1) is 21.1. The summed E-state index contributed by atoms with van der Waals surface area (Å²) in [5.41, 5.74) is 1.52. The summed E-state index contributed by atoms with van der Waals surface area (Å²) in [5.74, 6) is 0.957. The SMILES string of the molecule is O=C1C(CSSCC2NC(=S)N(c3ccccc3)C2=O)NC(=S)N1c1ccccc1. The van der Waals surface area contributed by atoms with Crippen LogP contribution in [0, 0.1) is 0 Å². The molecule has 0 aromatic heterocycles. The van der Waals surface area contributed by atoms with E-state index in [1.807, 2.05) is 60.7 Å². The molecule has 30 heavy (non-hydrogen) atoms. The van der Waals surface area contributed by atoms with Crippen molar-refractivity contribution in [3.8, 4) is 0 Å². The average Bonchev–Trinajstić information content (AvgIpc) is 3.20. The average molecular weight is 475 g/mol. The van der Waals surface area contributed by atoms with Gasteiger partial charge >= 0.3 is 0 Å². The molecule has 2 aliphatic heterocycles. The molecule has 6 nitrogen and oxygen atoms in total. The second kappa shape index (κ2) is 9.34. The quantitative estimate of drug-likeness (QED) is 0.361. The summed E-state index contributed by atoms with van der Waals surface area (Å²) < 4.78 is 0. The lowest BCUT2D eigenvalue weighted by Gasteiger charge is -2.14. The Hall–Kier alpha value is -2.14. The van der Waals surface area contributed by atoms with Gasteiger partial charge in [0, 0.05) is 11.5 Å². The highest BCUT2D eigenvalue weighted by Gasteiger charge is 2.38. The van der Waals surface area contributed by atoms with E-state index in [9.17, 15) is 9.59 Å². The molecular formula is C20H18N4O2S4. The van der Waals surface area contributed by atoms with Crippen LogP contribution in [-0.2, 0) is 9.59 Å². The summed E-state index contributed by atoms with van der Waals surface area (Å²) in [4.78, 5) is 28.5. The monoisotopic (exact) mass is 474 g/mol. The Morgan fingerprint density at radius 2 is 1.07 bits per heavy atom. The number of carbonyl (C=O) groups excluding carboxylic acids is 2. The van der Waals surface area contributed by atoms with Gasteiger partial charge in [0.25, 0.3) is 11.8 Å². The minimum absolute atomic E-state index is 0.0641. The second-order valence-electron chi connectivity index (χ2n) is 6.59. The first-order valence-electron chi connectivity index (χ1n) is 9.19. The van der Waals surface area contributed by atoms with Crippen LogP contribution >= 0.6 is 46.0 Å². The van der Waals surface area contributed by atoms with Crippen LogP contribution in [0.4, 0.5) is 11.4 Å². The highest BCUT2D eigenvalue weighted by Crippen LogP contribution is 2.28. The molecule has 2 fully saturated rings. The van der Waals surface area contributed by atoms with Gasteiger partial charge in [-0.3, -0.25) is 19.4 Å². The third-order valence-corrected chi connectivity index (χ3v) is 7.64. The summed E-state index contributed by atoms with van der Waals surface area (Å²) in [6.45, 7) is 0. The molecule has 2 N–H and O–H groups in total. The maximum atomic E-state index is 12.7. The molecular weight excluding hydrogens is 457 g/mol. The fourth-order valence-corrected chi connectivity index (χ4v) is 6.15. The fourth-order valence-electron chi connectivity index (χ4n) is 3.16. The van der Waals surface area contributed by atoms with Gasteiger partial charge in [0.15, 0.2) is 10.2 Å².